The standard InChI is InChI=1S/C13H7FNS/c14-10-4-3-6-12-9(10)8-13(16-12)11-5-1-2-7-15-11/h1-7H. The van der Waals surface area contributed by atoms with Crippen LogP contribution in [0.3, 0.4) is 0 Å². The molecule has 1 nitrogen and oxygen atoms in total. The molecule has 3 heteroatoms. The summed E-state index contributed by atoms with van der Waals surface area (Å²) in [5.41, 5.74) is 4.45. The van der Waals surface area contributed by atoms with E-state index in [0.717, 1.165) is 15.5 Å². The van der Waals surface area contributed by atoms with Crippen LogP contribution in [0.5, 0.6) is 0 Å². The first-order chi connectivity index (χ1) is 7.84. The third-order valence-corrected chi connectivity index (χ3v) is 3.40. The van der Waals surface area contributed by atoms with E-state index >= 15 is 0 Å². The van der Waals surface area contributed by atoms with Gasteiger partial charge in [0.1, 0.15) is 0 Å². The largest absolute Gasteiger partial charge is 0.255 e. The van der Waals surface area contributed by atoms with E-state index in [-0.39, 0.29) is 6.17 Å². The quantitative estimate of drug-likeness (QED) is 0.680. The maximum Gasteiger partial charge on any atom is 0.204 e. The van der Waals surface area contributed by atoms with Gasteiger partial charge in [-0.15, -0.1) is 0 Å². The molecular weight excluding hydrogens is 221 g/mol. The molecule has 0 saturated heterocycles. The average molecular weight is 228 g/mol. The summed E-state index contributed by atoms with van der Waals surface area (Å²) in [6.07, 6.45) is 6.56. The number of nitrogens with zero attached hydrogens (tertiary/aromatic N) is 1. The molecule has 16 heavy (non-hydrogen) atoms. The SMILES string of the molecule is F[C]1C=CC=C2SC(c3ccccn3)=C=C12. The lowest BCUT2D eigenvalue weighted by Crippen LogP contribution is -1.93. The van der Waals surface area contributed by atoms with Crippen LogP contribution in [0.2, 0.25) is 0 Å². The van der Waals surface area contributed by atoms with E-state index in [1.54, 1.807) is 12.3 Å². The van der Waals surface area contributed by atoms with Crippen molar-refractivity contribution in [3.05, 3.63) is 70.7 Å². The number of allylic oxidation sites excluding steroid dienone is 4. The molecule has 0 aromatic carbocycles. The summed E-state index contributed by atoms with van der Waals surface area (Å²) in [6.45, 7) is 0. The van der Waals surface area contributed by atoms with Crippen LogP contribution in [0, 0.1) is 6.17 Å². The van der Waals surface area contributed by atoms with Crippen molar-refractivity contribution in [3.8, 4) is 0 Å². The van der Waals surface area contributed by atoms with Crippen molar-refractivity contribution in [2.24, 2.45) is 0 Å². The normalized spacial score (nSPS) is 18.9. The summed E-state index contributed by atoms with van der Waals surface area (Å²) in [5, 5.41) is 0. The minimum atomic E-state index is -0.226. The lowest BCUT2D eigenvalue weighted by atomic mass is 10.1. The second-order valence-electron chi connectivity index (χ2n) is 3.38. The van der Waals surface area contributed by atoms with Gasteiger partial charge in [0, 0.05) is 11.1 Å². The first-order valence-corrected chi connectivity index (χ1v) is 5.68. The molecule has 1 aliphatic carbocycles. The third-order valence-electron chi connectivity index (χ3n) is 2.32. The lowest BCUT2D eigenvalue weighted by Gasteiger charge is -2.08. The zero-order chi connectivity index (χ0) is 11.0. The Morgan fingerprint density at radius 1 is 1.31 bits per heavy atom. The van der Waals surface area contributed by atoms with Crippen LogP contribution in [0.4, 0.5) is 4.39 Å². The molecule has 2 heterocycles. The van der Waals surface area contributed by atoms with Crippen molar-refractivity contribution in [2.75, 3.05) is 0 Å². The van der Waals surface area contributed by atoms with E-state index < -0.39 is 0 Å². The van der Waals surface area contributed by atoms with Crippen LogP contribution >= 0.6 is 11.8 Å². The van der Waals surface area contributed by atoms with Crippen LogP contribution in [-0.4, -0.2) is 4.98 Å². The fourth-order valence-electron chi connectivity index (χ4n) is 1.57. The van der Waals surface area contributed by atoms with E-state index in [1.807, 2.05) is 24.3 Å². The van der Waals surface area contributed by atoms with E-state index in [9.17, 15) is 4.39 Å². The molecule has 0 amide bonds. The maximum absolute atomic E-state index is 13.5. The zero-order valence-electron chi connectivity index (χ0n) is 8.27. The van der Waals surface area contributed by atoms with Crippen molar-refractivity contribution in [1.29, 1.82) is 0 Å². The number of thioether (sulfide) groups is 1. The molecule has 0 N–H and O–H groups in total. The number of fused-ring (bicyclic) bond motifs is 1. The minimum absolute atomic E-state index is 0.226. The molecule has 1 aromatic heterocycles. The van der Waals surface area contributed by atoms with Crippen molar-refractivity contribution in [2.45, 2.75) is 0 Å². The Morgan fingerprint density at radius 2 is 2.25 bits per heavy atom. The molecule has 0 saturated carbocycles. The molecule has 3 rings (SSSR count). The predicted molar refractivity (Wildman–Crippen MR) is 63.8 cm³/mol. The number of rotatable bonds is 1. The van der Waals surface area contributed by atoms with Crippen molar-refractivity contribution >= 4 is 16.7 Å². The fraction of sp³-hybridized carbons (Fsp3) is 0. The maximum atomic E-state index is 13.5. The van der Waals surface area contributed by atoms with Crippen LogP contribution in [0.25, 0.3) is 4.91 Å². The Balaban J connectivity index is 2.06. The summed E-state index contributed by atoms with van der Waals surface area (Å²) in [7, 11) is 0. The monoisotopic (exact) mass is 228 g/mol. The van der Waals surface area contributed by atoms with E-state index in [2.05, 4.69) is 10.7 Å². The fourth-order valence-corrected chi connectivity index (χ4v) is 2.57. The number of pyridine rings is 1. The Kier molecular flexibility index (Phi) is 2.28. The summed E-state index contributed by atoms with van der Waals surface area (Å²) in [6, 6.07) is 5.67. The first kappa shape index (κ1) is 9.64. The third kappa shape index (κ3) is 1.54. The Labute approximate surface area is 97.1 Å². The average Bonchev–Trinajstić information content (AvgIpc) is 2.76. The molecule has 77 valence electrons. The molecular formula is C13H7FNS. The molecule has 2 aliphatic rings. The van der Waals surface area contributed by atoms with E-state index in [1.165, 1.54) is 17.8 Å². The van der Waals surface area contributed by atoms with Gasteiger partial charge < -0.3 is 0 Å². The number of aromatic nitrogens is 1. The molecule has 1 radical (unpaired) electrons. The van der Waals surface area contributed by atoms with Gasteiger partial charge in [0.25, 0.3) is 0 Å². The highest BCUT2D eigenvalue weighted by Gasteiger charge is 2.25. The second-order valence-corrected chi connectivity index (χ2v) is 4.44. The van der Waals surface area contributed by atoms with E-state index in [0.29, 0.717) is 5.57 Å². The highest BCUT2D eigenvalue weighted by molar-refractivity contribution is 8.12. The van der Waals surface area contributed by atoms with Gasteiger partial charge in [-0.25, -0.2) is 4.39 Å². The molecule has 0 unspecified atom stereocenters. The van der Waals surface area contributed by atoms with Gasteiger partial charge in [0.05, 0.1) is 16.2 Å². The van der Waals surface area contributed by atoms with Crippen molar-refractivity contribution < 1.29 is 4.39 Å². The lowest BCUT2D eigenvalue weighted by molar-refractivity contribution is 0.575. The highest BCUT2D eigenvalue weighted by atomic mass is 32.2. The summed E-state index contributed by atoms with van der Waals surface area (Å²) in [5.74, 6) is 0. The molecule has 0 atom stereocenters. The minimum Gasteiger partial charge on any atom is -0.255 e. The predicted octanol–water partition coefficient (Wildman–Crippen LogP) is 3.65. The van der Waals surface area contributed by atoms with Crippen LogP contribution < -0.4 is 0 Å². The summed E-state index contributed by atoms with van der Waals surface area (Å²) in [4.78, 5) is 6.01. The number of hydrogen-bond donors (Lipinski definition) is 0. The first-order valence-electron chi connectivity index (χ1n) is 4.86. The van der Waals surface area contributed by atoms with Gasteiger partial charge in [-0.2, -0.15) is 0 Å². The van der Waals surface area contributed by atoms with Gasteiger partial charge in [-0.05, 0) is 24.3 Å². The smallest absolute Gasteiger partial charge is 0.204 e. The molecule has 0 bridgehead atoms. The molecule has 0 fully saturated rings. The topological polar surface area (TPSA) is 12.9 Å². The Morgan fingerprint density at radius 3 is 3.00 bits per heavy atom. The number of hydrogen-bond acceptors (Lipinski definition) is 2. The van der Waals surface area contributed by atoms with E-state index in [4.69, 9.17) is 0 Å². The summed E-state index contributed by atoms with van der Waals surface area (Å²) < 4.78 is 13.5. The molecule has 1 aliphatic heterocycles. The van der Waals surface area contributed by atoms with Crippen LogP contribution in [0.1, 0.15) is 5.69 Å². The van der Waals surface area contributed by atoms with Gasteiger partial charge in [-0.1, -0.05) is 29.6 Å². The Hall–Kier alpha value is -1.57. The van der Waals surface area contributed by atoms with Gasteiger partial charge >= 0.3 is 0 Å². The van der Waals surface area contributed by atoms with Gasteiger partial charge in [-0.3, -0.25) is 4.98 Å². The highest BCUT2D eigenvalue weighted by Crippen LogP contribution is 2.46. The van der Waals surface area contributed by atoms with Crippen molar-refractivity contribution in [1.82, 2.24) is 4.98 Å². The zero-order valence-corrected chi connectivity index (χ0v) is 9.09. The van der Waals surface area contributed by atoms with Gasteiger partial charge in [0.15, 0.2) is 0 Å². The Bertz CT molecular complexity index is 551. The van der Waals surface area contributed by atoms with Gasteiger partial charge in [0.2, 0.25) is 6.17 Å². The van der Waals surface area contributed by atoms with Crippen LogP contribution in [0.15, 0.2) is 58.8 Å². The molecule has 1 aromatic rings. The number of halogens is 1. The van der Waals surface area contributed by atoms with Crippen LogP contribution in [-0.2, 0) is 0 Å². The van der Waals surface area contributed by atoms with Crippen molar-refractivity contribution in [3.63, 3.8) is 0 Å². The second kappa shape index (κ2) is 3.78. The summed E-state index contributed by atoms with van der Waals surface area (Å²) >= 11 is 1.51. The molecule has 0 spiro atoms.